The molecule has 1 aromatic carbocycles. The van der Waals surface area contributed by atoms with Crippen LogP contribution in [-0.2, 0) is 16.0 Å². The standard InChI is InChI=1S/C20H27N5O3/c1-24-7-12(8-25(9-16(21)26)10-17(22)27)20(28)19-13-3-2-4-14-18(13)11(6-23-14)5-15(19)24/h2-4,6,12,15,19-20,23,28H,5,7-10H2,1H3,(H2,21,26)(H2,22,27)/t12-,15-,19-,20-/m1/s1. The predicted octanol–water partition coefficient (Wildman–Crippen LogP) is -0.629. The number of H-pyrrole nitrogens is 1. The smallest absolute Gasteiger partial charge is 0.231 e. The molecule has 0 spiro atoms. The van der Waals surface area contributed by atoms with Gasteiger partial charge in [-0.2, -0.15) is 0 Å². The fraction of sp³-hybridized carbons (Fsp3) is 0.500. The molecule has 1 aliphatic heterocycles. The van der Waals surface area contributed by atoms with E-state index in [9.17, 15) is 14.7 Å². The summed E-state index contributed by atoms with van der Waals surface area (Å²) in [5, 5.41) is 12.5. The fourth-order valence-electron chi connectivity index (χ4n) is 5.16. The number of carbonyl (C=O) groups excluding carboxylic acids is 2. The van der Waals surface area contributed by atoms with Crippen LogP contribution in [0.15, 0.2) is 24.4 Å². The van der Waals surface area contributed by atoms with Crippen LogP contribution < -0.4 is 11.5 Å². The van der Waals surface area contributed by atoms with Gasteiger partial charge in [-0.3, -0.25) is 14.5 Å². The minimum absolute atomic E-state index is 0.0280. The van der Waals surface area contributed by atoms with Crippen LogP contribution in [0.5, 0.6) is 0 Å². The molecular formula is C20H27N5O3. The number of aliphatic hydroxyl groups excluding tert-OH is 1. The van der Waals surface area contributed by atoms with Gasteiger partial charge in [-0.1, -0.05) is 12.1 Å². The lowest BCUT2D eigenvalue weighted by Crippen LogP contribution is -2.57. The van der Waals surface area contributed by atoms with Gasteiger partial charge >= 0.3 is 0 Å². The summed E-state index contributed by atoms with van der Waals surface area (Å²) in [5.41, 5.74) is 14.2. The zero-order valence-corrected chi connectivity index (χ0v) is 16.0. The van der Waals surface area contributed by atoms with E-state index < -0.39 is 17.9 Å². The summed E-state index contributed by atoms with van der Waals surface area (Å²) in [4.78, 5) is 30.0. The Morgan fingerprint density at radius 1 is 1.29 bits per heavy atom. The number of likely N-dealkylation sites (N-methyl/N-ethyl adjacent to an activating group) is 1. The highest BCUT2D eigenvalue weighted by atomic mass is 16.3. The van der Waals surface area contributed by atoms with Gasteiger partial charge in [-0.15, -0.1) is 0 Å². The molecule has 1 aromatic heterocycles. The number of carbonyl (C=O) groups is 2. The van der Waals surface area contributed by atoms with Crippen molar-refractivity contribution in [1.29, 1.82) is 0 Å². The second kappa shape index (κ2) is 7.20. The number of hydrogen-bond donors (Lipinski definition) is 4. The minimum Gasteiger partial charge on any atom is -0.392 e. The van der Waals surface area contributed by atoms with E-state index in [1.807, 2.05) is 6.07 Å². The van der Waals surface area contributed by atoms with E-state index in [0.29, 0.717) is 13.1 Å². The molecule has 8 heteroatoms. The lowest BCUT2D eigenvalue weighted by atomic mass is 9.70. The number of primary amides is 2. The molecule has 1 saturated heterocycles. The molecule has 0 radical (unpaired) electrons. The van der Waals surface area contributed by atoms with Gasteiger partial charge in [-0.05, 0) is 30.7 Å². The van der Waals surface area contributed by atoms with Gasteiger partial charge in [0.15, 0.2) is 0 Å². The van der Waals surface area contributed by atoms with Crippen LogP contribution in [-0.4, -0.2) is 77.1 Å². The molecule has 2 aliphatic rings. The maximum atomic E-state index is 11.4. The lowest BCUT2D eigenvalue weighted by molar-refractivity contribution is -0.123. The van der Waals surface area contributed by atoms with Crippen LogP contribution in [0.3, 0.4) is 0 Å². The van der Waals surface area contributed by atoms with Crippen molar-refractivity contribution in [3.8, 4) is 0 Å². The average Bonchev–Trinajstić information content (AvgIpc) is 3.03. The first kappa shape index (κ1) is 18.9. The van der Waals surface area contributed by atoms with Gasteiger partial charge in [0.05, 0.1) is 19.2 Å². The second-order valence-electron chi connectivity index (χ2n) is 8.17. The molecule has 8 nitrogen and oxygen atoms in total. The number of aromatic nitrogens is 1. The first-order chi connectivity index (χ1) is 13.3. The number of nitrogens with zero attached hydrogens (tertiary/aromatic N) is 2. The van der Waals surface area contributed by atoms with E-state index >= 15 is 0 Å². The predicted molar refractivity (Wildman–Crippen MR) is 105 cm³/mol. The van der Waals surface area contributed by atoms with Crippen molar-refractivity contribution in [3.63, 3.8) is 0 Å². The molecule has 0 bridgehead atoms. The first-order valence-electron chi connectivity index (χ1n) is 9.61. The Hall–Kier alpha value is -2.42. The van der Waals surface area contributed by atoms with Crippen molar-refractivity contribution in [2.75, 3.05) is 33.2 Å². The van der Waals surface area contributed by atoms with E-state index in [0.717, 1.165) is 17.5 Å². The average molecular weight is 385 g/mol. The molecule has 4 rings (SSSR count). The SMILES string of the molecule is CN1C[C@H](CN(CC(N)=O)CC(N)=O)[C@@H](O)[C@@H]2c3cccc4[nH]cc(c34)C[C@H]21. The van der Waals surface area contributed by atoms with Gasteiger partial charge < -0.3 is 26.5 Å². The normalized spacial score (nSPS) is 27.1. The molecule has 1 aliphatic carbocycles. The van der Waals surface area contributed by atoms with E-state index in [1.54, 1.807) is 4.90 Å². The van der Waals surface area contributed by atoms with Crippen LogP contribution in [0.1, 0.15) is 17.0 Å². The number of rotatable bonds is 6. The molecule has 150 valence electrons. The van der Waals surface area contributed by atoms with Crippen LogP contribution in [0.25, 0.3) is 10.9 Å². The van der Waals surface area contributed by atoms with Gasteiger partial charge in [0.1, 0.15) is 0 Å². The number of benzene rings is 1. The summed E-state index contributed by atoms with van der Waals surface area (Å²) in [6, 6.07) is 6.38. The molecule has 2 heterocycles. The summed E-state index contributed by atoms with van der Waals surface area (Å²) >= 11 is 0. The number of likely N-dealkylation sites (tertiary alicyclic amines) is 1. The third-order valence-corrected chi connectivity index (χ3v) is 6.21. The van der Waals surface area contributed by atoms with E-state index in [4.69, 9.17) is 11.5 Å². The van der Waals surface area contributed by atoms with Crippen LogP contribution >= 0.6 is 0 Å². The monoisotopic (exact) mass is 385 g/mol. The van der Waals surface area contributed by atoms with Crippen LogP contribution in [0.2, 0.25) is 0 Å². The van der Waals surface area contributed by atoms with Crippen molar-refractivity contribution in [3.05, 3.63) is 35.5 Å². The van der Waals surface area contributed by atoms with Crippen molar-refractivity contribution < 1.29 is 14.7 Å². The second-order valence-corrected chi connectivity index (χ2v) is 8.17. The highest BCUT2D eigenvalue weighted by Crippen LogP contribution is 2.44. The minimum atomic E-state index is -0.585. The topological polar surface area (TPSA) is 129 Å². The Morgan fingerprint density at radius 3 is 2.68 bits per heavy atom. The van der Waals surface area contributed by atoms with Crippen LogP contribution in [0.4, 0.5) is 0 Å². The number of nitrogens with two attached hydrogens (primary N) is 2. The molecule has 6 N–H and O–H groups in total. The van der Waals surface area contributed by atoms with Crippen LogP contribution in [0, 0.1) is 5.92 Å². The Balaban J connectivity index is 1.63. The third kappa shape index (κ3) is 3.28. The highest BCUT2D eigenvalue weighted by molar-refractivity contribution is 5.88. The fourth-order valence-corrected chi connectivity index (χ4v) is 5.16. The van der Waals surface area contributed by atoms with E-state index in [1.165, 1.54) is 10.9 Å². The third-order valence-electron chi connectivity index (χ3n) is 6.21. The Bertz CT molecular complexity index is 894. The molecule has 28 heavy (non-hydrogen) atoms. The molecular weight excluding hydrogens is 358 g/mol. The molecule has 2 aromatic rings. The van der Waals surface area contributed by atoms with E-state index in [2.05, 4.69) is 35.3 Å². The number of piperidine rings is 1. The first-order valence-corrected chi connectivity index (χ1v) is 9.61. The maximum Gasteiger partial charge on any atom is 0.231 e. The Morgan fingerprint density at radius 2 is 2.00 bits per heavy atom. The van der Waals surface area contributed by atoms with Gasteiger partial charge in [0.2, 0.25) is 11.8 Å². The summed E-state index contributed by atoms with van der Waals surface area (Å²) < 4.78 is 0. The number of hydrogen-bond acceptors (Lipinski definition) is 5. The molecule has 4 atom stereocenters. The van der Waals surface area contributed by atoms with Crippen molar-refractivity contribution in [1.82, 2.24) is 14.8 Å². The van der Waals surface area contributed by atoms with Gasteiger partial charge in [0.25, 0.3) is 0 Å². The number of aliphatic hydroxyl groups is 1. The lowest BCUT2D eigenvalue weighted by Gasteiger charge is -2.49. The van der Waals surface area contributed by atoms with Crippen molar-refractivity contribution in [2.24, 2.45) is 17.4 Å². The zero-order valence-electron chi connectivity index (χ0n) is 16.0. The molecule has 2 amide bonds. The molecule has 0 saturated carbocycles. The van der Waals surface area contributed by atoms with E-state index in [-0.39, 0.29) is 31.0 Å². The summed E-state index contributed by atoms with van der Waals surface area (Å²) in [5.74, 6) is -1.19. The largest absolute Gasteiger partial charge is 0.392 e. The number of amides is 2. The zero-order chi connectivity index (χ0) is 20.0. The highest BCUT2D eigenvalue weighted by Gasteiger charge is 2.45. The Labute approximate surface area is 163 Å². The summed E-state index contributed by atoms with van der Waals surface area (Å²) in [6.45, 7) is 0.950. The summed E-state index contributed by atoms with van der Waals surface area (Å²) in [6.07, 6.45) is 2.37. The summed E-state index contributed by atoms with van der Waals surface area (Å²) in [7, 11) is 2.07. The quantitative estimate of drug-likeness (QED) is 0.526. The number of fused-ring (bicyclic) bond motifs is 2. The maximum absolute atomic E-state index is 11.4. The number of nitrogens with one attached hydrogen (secondary N) is 1. The molecule has 0 unspecified atom stereocenters. The Kier molecular flexibility index (Phi) is 4.86. The number of aromatic amines is 1. The van der Waals surface area contributed by atoms with Crippen molar-refractivity contribution in [2.45, 2.75) is 24.5 Å². The van der Waals surface area contributed by atoms with Gasteiger partial charge in [0, 0.05) is 48.1 Å². The van der Waals surface area contributed by atoms with Crippen molar-refractivity contribution >= 4 is 22.7 Å². The molecule has 1 fully saturated rings. The van der Waals surface area contributed by atoms with Gasteiger partial charge in [-0.25, -0.2) is 0 Å².